The van der Waals surface area contributed by atoms with E-state index in [-0.39, 0.29) is 6.10 Å². The highest BCUT2D eigenvalue weighted by Gasteiger charge is 2.10. The minimum atomic E-state index is 0.127. The zero-order valence-corrected chi connectivity index (χ0v) is 11.9. The van der Waals surface area contributed by atoms with E-state index >= 15 is 0 Å². The molecule has 0 aliphatic rings. The molecule has 1 rings (SSSR count). The van der Waals surface area contributed by atoms with E-state index in [0.717, 1.165) is 30.9 Å². The normalized spacial score (nSPS) is 12.5. The quantitative estimate of drug-likeness (QED) is 0.769. The fraction of sp³-hybridized carbons (Fsp3) is 0.600. The first-order chi connectivity index (χ1) is 8.71. The van der Waals surface area contributed by atoms with Gasteiger partial charge >= 0.3 is 0 Å². The van der Waals surface area contributed by atoms with Gasteiger partial charge in [0.1, 0.15) is 6.10 Å². The predicted octanol–water partition coefficient (Wildman–Crippen LogP) is 3.24. The second-order valence-electron chi connectivity index (χ2n) is 4.50. The molecule has 0 bridgehead atoms. The average Bonchev–Trinajstić information content (AvgIpc) is 2.40. The second kappa shape index (κ2) is 7.98. The van der Waals surface area contributed by atoms with E-state index in [0.29, 0.717) is 6.04 Å². The van der Waals surface area contributed by atoms with E-state index < -0.39 is 0 Å². The van der Waals surface area contributed by atoms with Crippen molar-refractivity contribution in [3.8, 4) is 11.5 Å². The molecule has 0 amide bonds. The first-order valence-electron chi connectivity index (χ1n) is 6.74. The third kappa shape index (κ3) is 4.57. The van der Waals surface area contributed by atoms with Gasteiger partial charge in [0.15, 0.2) is 11.5 Å². The molecule has 3 nitrogen and oxygen atoms in total. The highest BCUT2D eigenvalue weighted by molar-refractivity contribution is 5.39. The number of methoxy groups -OCH3 is 1. The Labute approximate surface area is 110 Å². The van der Waals surface area contributed by atoms with Gasteiger partial charge < -0.3 is 14.8 Å². The maximum absolute atomic E-state index is 5.89. The van der Waals surface area contributed by atoms with Crippen molar-refractivity contribution in [3.63, 3.8) is 0 Å². The molecule has 0 spiro atoms. The molecule has 3 heteroatoms. The molecule has 1 unspecified atom stereocenters. The van der Waals surface area contributed by atoms with Gasteiger partial charge in [0, 0.05) is 12.6 Å². The number of benzene rings is 1. The lowest BCUT2D eigenvalue weighted by molar-refractivity contribution is 0.201. The molecular formula is C15H25NO2. The first kappa shape index (κ1) is 14.8. The maximum atomic E-state index is 5.89. The van der Waals surface area contributed by atoms with Crippen molar-refractivity contribution < 1.29 is 9.47 Å². The Hall–Kier alpha value is -1.22. The molecule has 0 saturated heterocycles. The van der Waals surface area contributed by atoms with Gasteiger partial charge in [0.05, 0.1) is 7.11 Å². The van der Waals surface area contributed by atoms with Gasteiger partial charge in [0.25, 0.3) is 0 Å². The molecule has 0 aliphatic heterocycles. The third-order valence-corrected chi connectivity index (χ3v) is 3.08. The highest BCUT2D eigenvalue weighted by Crippen LogP contribution is 2.26. The zero-order chi connectivity index (χ0) is 13.4. The summed E-state index contributed by atoms with van der Waals surface area (Å²) in [4.78, 5) is 0. The van der Waals surface area contributed by atoms with Crippen molar-refractivity contribution >= 4 is 0 Å². The van der Waals surface area contributed by atoms with Crippen molar-refractivity contribution in [2.75, 3.05) is 13.7 Å². The number of ether oxygens (including phenoxy) is 2. The molecule has 18 heavy (non-hydrogen) atoms. The van der Waals surface area contributed by atoms with Gasteiger partial charge in [-0.3, -0.25) is 0 Å². The van der Waals surface area contributed by atoms with Crippen LogP contribution in [0, 0.1) is 0 Å². The lowest BCUT2D eigenvalue weighted by Crippen LogP contribution is -2.36. The Morgan fingerprint density at radius 2 is 1.72 bits per heavy atom. The van der Waals surface area contributed by atoms with Crippen LogP contribution in [-0.2, 0) is 0 Å². The van der Waals surface area contributed by atoms with Gasteiger partial charge in [-0.05, 0) is 31.9 Å². The molecule has 0 aromatic heterocycles. The number of nitrogens with one attached hydrogen (secondary N) is 1. The zero-order valence-electron chi connectivity index (χ0n) is 11.9. The third-order valence-electron chi connectivity index (χ3n) is 3.08. The summed E-state index contributed by atoms with van der Waals surface area (Å²) in [5.41, 5.74) is 0. The number of hydrogen-bond acceptors (Lipinski definition) is 3. The Bertz CT molecular complexity index is 337. The number of para-hydroxylation sites is 2. The van der Waals surface area contributed by atoms with E-state index in [4.69, 9.17) is 9.47 Å². The fourth-order valence-electron chi connectivity index (χ4n) is 1.88. The Balaban J connectivity index is 2.46. The molecule has 0 aliphatic carbocycles. The van der Waals surface area contributed by atoms with Gasteiger partial charge in [-0.15, -0.1) is 0 Å². The molecule has 1 atom stereocenters. The molecule has 1 aromatic carbocycles. The minimum Gasteiger partial charge on any atom is -0.493 e. The van der Waals surface area contributed by atoms with Crippen LogP contribution in [0.15, 0.2) is 24.3 Å². The van der Waals surface area contributed by atoms with Crippen LogP contribution in [0.5, 0.6) is 11.5 Å². The second-order valence-corrected chi connectivity index (χ2v) is 4.50. The average molecular weight is 251 g/mol. The highest BCUT2D eigenvalue weighted by atomic mass is 16.5. The van der Waals surface area contributed by atoms with E-state index in [1.54, 1.807) is 7.11 Å². The van der Waals surface area contributed by atoms with Crippen molar-refractivity contribution in [2.45, 2.75) is 45.8 Å². The summed E-state index contributed by atoms with van der Waals surface area (Å²) in [7, 11) is 1.66. The fourth-order valence-corrected chi connectivity index (χ4v) is 1.88. The number of rotatable bonds is 8. The van der Waals surface area contributed by atoms with Crippen LogP contribution in [0.25, 0.3) is 0 Å². The van der Waals surface area contributed by atoms with Crippen molar-refractivity contribution in [1.29, 1.82) is 0 Å². The van der Waals surface area contributed by atoms with Crippen LogP contribution >= 0.6 is 0 Å². The molecule has 1 aromatic rings. The molecule has 0 fully saturated rings. The van der Waals surface area contributed by atoms with Crippen molar-refractivity contribution in [2.24, 2.45) is 0 Å². The summed E-state index contributed by atoms with van der Waals surface area (Å²) in [5, 5.41) is 3.51. The SMILES string of the molecule is CCC(CC)NCC(C)Oc1ccccc1OC. The van der Waals surface area contributed by atoms with Gasteiger partial charge in [-0.2, -0.15) is 0 Å². The van der Waals surface area contributed by atoms with Crippen LogP contribution in [-0.4, -0.2) is 25.8 Å². The van der Waals surface area contributed by atoms with Gasteiger partial charge in [-0.1, -0.05) is 26.0 Å². The van der Waals surface area contributed by atoms with E-state index in [1.165, 1.54) is 0 Å². The first-order valence-corrected chi connectivity index (χ1v) is 6.74. The number of hydrogen-bond donors (Lipinski definition) is 1. The minimum absolute atomic E-state index is 0.127. The molecule has 1 N–H and O–H groups in total. The van der Waals surface area contributed by atoms with Crippen LogP contribution in [0.4, 0.5) is 0 Å². The van der Waals surface area contributed by atoms with Gasteiger partial charge in [-0.25, -0.2) is 0 Å². The van der Waals surface area contributed by atoms with Crippen LogP contribution in [0.1, 0.15) is 33.6 Å². The van der Waals surface area contributed by atoms with Crippen molar-refractivity contribution in [1.82, 2.24) is 5.32 Å². The Kier molecular flexibility index (Phi) is 6.58. The van der Waals surface area contributed by atoms with Crippen molar-refractivity contribution in [3.05, 3.63) is 24.3 Å². The Morgan fingerprint density at radius 3 is 2.28 bits per heavy atom. The largest absolute Gasteiger partial charge is 0.493 e. The topological polar surface area (TPSA) is 30.5 Å². The van der Waals surface area contributed by atoms with E-state index in [2.05, 4.69) is 26.1 Å². The van der Waals surface area contributed by atoms with Crippen LogP contribution < -0.4 is 14.8 Å². The van der Waals surface area contributed by atoms with E-state index in [1.807, 2.05) is 24.3 Å². The Morgan fingerprint density at radius 1 is 1.11 bits per heavy atom. The summed E-state index contributed by atoms with van der Waals surface area (Å²) >= 11 is 0. The standard InChI is InChI=1S/C15H25NO2/c1-5-13(6-2)16-11-12(3)18-15-10-8-7-9-14(15)17-4/h7-10,12-13,16H,5-6,11H2,1-4H3. The summed E-state index contributed by atoms with van der Waals surface area (Å²) < 4.78 is 11.2. The van der Waals surface area contributed by atoms with E-state index in [9.17, 15) is 0 Å². The molecular weight excluding hydrogens is 226 g/mol. The lowest BCUT2D eigenvalue weighted by Gasteiger charge is -2.20. The monoisotopic (exact) mass is 251 g/mol. The molecule has 0 heterocycles. The summed E-state index contributed by atoms with van der Waals surface area (Å²) in [6.07, 6.45) is 2.43. The van der Waals surface area contributed by atoms with Gasteiger partial charge in [0.2, 0.25) is 0 Å². The van der Waals surface area contributed by atoms with Crippen LogP contribution in [0.2, 0.25) is 0 Å². The summed E-state index contributed by atoms with van der Waals surface area (Å²) in [6, 6.07) is 8.33. The smallest absolute Gasteiger partial charge is 0.161 e. The predicted molar refractivity (Wildman–Crippen MR) is 75.5 cm³/mol. The maximum Gasteiger partial charge on any atom is 0.161 e. The lowest BCUT2D eigenvalue weighted by atomic mass is 10.1. The molecule has 102 valence electrons. The molecule has 0 radical (unpaired) electrons. The summed E-state index contributed by atoms with van der Waals surface area (Å²) in [6.45, 7) is 7.33. The summed E-state index contributed by atoms with van der Waals surface area (Å²) in [5.74, 6) is 1.59. The van der Waals surface area contributed by atoms with Crippen LogP contribution in [0.3, 0.4) is 0 Å². The molecule has 0 saturated carbocycles.